The van der Waals surface area contributed by atoms with Gasteiger partial charge >= 0.3 is 0 Å². The van der Waals surface area contributed by atoms with Crippen molar-refractivity contribution in [1.82, 2.24) is 25.2 Å². The number of fused-ring (bicyclic) bond motifs is 1. The number of halogens is 1. The molecule has 4 rings (SSSR count). The van der Waals surface area contributed by atoms with Crippen LogP contribution < -0.4 is 5.32 Å². The van der Waals surface area contributed by atoms with Crippen LogP contribution >= 0.6 is 0 Å². The number of hydrogen-bond acceptors (Lipinski definition) is 4. The van der Waals surface area contributed by atoms with Crippen molar-refractivity contribution in [2.75, 3.05) is 19.6 Å². The maximum absolute atomic E-state index is 14.3. The van der Waals surface area contributed by atoms with Crippen molar-refractivity contribution >= 4 is 5.91 Å². The molecule has 3 heterocycles. The van der Waals surface area contributed by atoms with Crippen molar-refractivity contribution in [2.24, 2.45) is 5.92 Å². The molecule has 0 unspecified atom stereocenters. The Hall–Kier alpha value is -2.28. The summed E-state index contributed by atoms with van der Waals surface area (Å²) < 4.78 is 14.3. The first-order valence-electron chi connectivity index (χ1n) is 7.42. The van der Waals surface area contributed by atoms with E-state index in [1.165, 1.54) is 23.3 Å². The van der Waals surface area contributed by atoms with Gasteiger partial charge in [-0.15, -0.1) is 0 Å². The van der Waals surface area contributed by atoms with Crippen LogP contribution in [0.4, 0.5) is 4.39 Å². The molecule has 0 spiro atoms. The van der Waals surface area contributed by atoms with Crippen LogP contribution in [0.3, 0.4) is 0 Å². The van der Waals surface area contributed by atoms with E-state index in [1.54, 1.807) is 17.0 Å². The quantitative estimate of drug-likeness (QED) is 0.893. The van der Waals surface area contributed by atoms with E-state index in [4.69, 9.17) is 0 Å². The molecule has 0 aliphatic carbocycles. The van der Waals surface area contributed by atoms with Crippen LogP contribution in [0.25, 0.3) is 5.69 Å². The van der Waals surface area contributed by atoms with Gasteiger partial charge < -0.3 is 10.2 Å². The standard InChI is InChI=1S/C15H16FN5O/c16-11-2-1-3-12(21-18-6-7-19-21)14(11)15(22)20-9-10-4-5-17-8-13(10)20/h1-3,6-7,10,13,17H,4-5,8-9H2/t10-,13-/m0/s1. The van der Waals surface area contributed by atoms with E-state index < -0.39 is 5.82 Å². The first-order chi connectivity index (χ1) is 10.8. The molecule has 1 amide bonds. The largest absolute Gasteiger partial charge is 0.334 e. The van der Waals surface area contributed by atoms with E-state index in [1.807, 2.05) is 0 Å². The maximum atomic E-state index is 14.3. The zero-order valence-electron chi connectivity index (χ0n) is 11.9. The van der Waals surface area contributed by atoms with Crippen molar-refractivity contribution in [3.05, 3.63) is 42.0 Å². The summed E-state index contributed by atoms with van der Waals surface area (Å²) in [7, 11) is 0. The minimum Gasteiger partial charge on any atom is -0.334 e. The van der Waals surface area contributed by atoms with E-state index in [2.05, 4.69) is 15.5 Å². The second kappa shape index (κ2) is 5.17. The van der Waals surface area contributed by atoms with Crippen LogP contribution in [-0.2, 0) is 0 Å². The summed E-state index contributed by atoms with van der Waals surface area (Å²) in [6.07, 6.45) is 4.08. The maximum Gasteiger partial charge on any atom is 0.259 e. The monoisotopic (exact) mass is 301 g/mol. The normalized spacial score (nSPS) is 23.8. The number of nitrogens with zero attached hydrogens (tertiary/aromatic N) is 4. The van der Waals surface area contributed by atoms with Gasteiger partial charge in [-0.1, -0.05) is 6.07 Å². The number of carbonyl (C=O) groups excluding carboxylic acids is 1. The van der Waals surface area contributed by atoms with E-state index in [0.29, 0.717) is 18.2 Å². The first kappa shape index (κ1) is 13.4. The van der Waals surface area contributed by atoms with E-state index in [0.717, 1.165) is 19.5 Å². The van der Waals surface area contributed by atoms with Gasteiger partial charge in [-0.25, -0.2) is 4.39 Å². The van der Waals surface area contributed by atoms with Gasteiger partial charge in [-0.3, -0.25) is 4.79 Å². The highest BCUT2D eigenvalue weighted by molar-refractivity contribution is 5.98. The minimum atomic E-state index is -0.535. The average Bonchev–Trinajstić information content (AvgIpc) is 3.02. The van der Waals surface area contributed by atoms with Gasteiger partial charge in [0.1, 0.15) is 17.1 Å². The topological polar surface area (TPSA) is 63.1 Å². The molecule has 22 heavy (non-hydrogen) atoms. The number of hydrogen-bond donors (Lipinski definition) is 1. The van der Waals surface area contributed by atoms with Crippen molar-refractivity contribution in [3.8, 4) is 5.69 Å². The van der Waals surface area contributed by atoms with Gasteiger partial charge in [0.05, 0.1) is 12.4 Å². The predicted octanol–water partition coefficient (Wildman–Crippen LogP) is 0.840. The number of amides is 1. The van der Waals surface area contributed by atoms with Crippen LogP contribution in [0.15, 0.2) is 30.6 Å². The number of likely N-dealkylation sites (tertiary alicyclic amines) is 1. The Morgan fingerprint density at radius 2 is 2.14 bits per heavy atom. The number of rotatable bonds is 2. The molecule has 2 aromatic rings. The molecule has 2 saturated heterocycles. The molecule has 0 saturated carbocycles. The lowest BCUT2D eigenvalue weighted by atomic mass is 9.82. The van der Waals surface area contributed by atoms with Crippen LogP contribution in [-0.4, -0.2) is 51.5 Å². The van der Waals surface area contributed by atoms with Crippen molar-refractivity contribution < 1.29 is 9.18 Å². The zero-order chi connectivity index (χ0) is 15.1. The van der Waals surface area contributed by atoms with Gasteiger partial charge in [-0.05, 0) is 31.0 Å². The molecule has 2 aliphatic rings. The SMILES string of the molecule is O=C(c1c(F)cccc1-n1nccn1)N1C[C@@H]2CCNC[C@@H]21. The van der Waals surface area contributed by atoms with Gasteiger partial charge in [0.2, 0.25) is 0 Å². The first-order valence-corrected chi connectivity index (χ1v) is 7.42. The highest BCUT2D eigenvalue weighted by Gasteiger charge is 2.44. The summed E-state index contributed by atoms with van der Waals surface area (Å²) in [5, 5.41) is 11.3. The molecule has 2 atom stereocenters. The predicted molar refractivity (Wildman–Crippen MR) is 77.1 cm³/mol. The van der Waals surface area contributed by atoms with Gasteiger partial charge in [0, 0.05) is 19.1 Å². The van der Waals surface area contributed by atoms with Crippen molar-refractivity contribution in [2.45, 2.75) is 12.5 Å². The third-order valence-corrected chi connectivity index (χ3v) is 4.52. The second-order valence-corrected chi connectivity index (χ2v) is 5.73. The van der Waals surface area contributed by atoms with E-state index in [-0.39, 0.29) is 17.5 Å². The fraction of sp³-hybridized carbons (Fsp3) is 0.400. The Morgan fingerprint density at radius 1 is 1.32 bits per heavy atom. The average molecular weight is 301 g/mol. The lowest BCUT2D eigenvalue weighted by Crippen LogP contribution is -2.65. The Balaban J connectivity index is 1.69. The third kappa shape index (κ3) is 2.00. The Kier molecular flexibility index (Phi) is 3.15. The molecule has 0 radical (unpaired) electrons. The summed E-state index contributed by atoms with van der Waals surface area (Å²) in [5.74, 6) is -0.286. The number of nitrogens with one attached hydrogen (secondary N) is 1. The number of aromatic nitrogens is 3. The molecular weight excluding hydrogens is 285 g/mol. The fourth-order valence-corrected chi connectivity index (χ4v) is 3.33. The van der Waals surface area contributed by atoms with Crippen LogP contribution in [0.5, 0.6) is 0 Å². The molecule has 2 fully saturated rings. The van der Waals surface area contributed by atoms with Crippen LogP contribution in [0.2, 0.25) is 0 Å². The van der Waals surface area contributed by atoms with E-state index >= 15 is 0 Å². The third-order valence-electron chi connectivity index (χ3n) is 4.52. The lowest BCUT2D eigenvalue weighted by molar-refractivity contribution is 0.00243. The molecule has 1 aromatic heterocycles. The smallest absolute Gasteiger partial charge is 0.259 e. The number of benzene rings is 1. The van der Waals surface area contributed by atoms with Gasteiger partial charge in [0.15, 0.2) is 0 Å². The van der Waals surface area contributed by atoms with Gasteiger partial charge in [-0.2, -0.15) is 15.0 Å². The minimum absolute atomic E-state index is 0.0442. The number of carbonyl (C=O) groups is 1. The second-order valence-electron chi connectivity index (χ2n) is 5.73. The van der Waals surface area contributed by atoms with Crippen molar-refractivity contribution in [1.29, 1.82) is 0 Å². The van der Waals surface area contributed by atoms with E-state index in [9.17, 15) is 9.18 Å². The van der Waals surface area contributed by atoms with Gasteiger partial charge in [0.25, 0.3) is 5.91 Å². The zero-order valence-corrected chi connectivity index (χ0v) is 11.9. The molecular formula is C15H16FN5O. The Labute approximate surface area is 126 Å². The molecule has 0 bridgehead atoms. The molecule has 6 nitrogen and oxygen atoms in total. The molecule has 1 N–H and O–H groups in total. The molecule has 1 aromatic carbocycles. The summed E-state index contributed by atoms with van der Waals surface area (Å²) in [5.41, 5.74) is 0.421. The van der Waals surface area contributed by atoms with Crippen LogP contribution in [0.1, 0.15) is 16.8 Å². The van der Waals surface area contributed by atoms with Crippen molar-refractivity contribution in [3.63, 3.8) is 0 Å². The molecule has 2 aliphatic heterocycles. The Morgan fingerprint density at radius 3 is 2.91 bits per heavy atom. The summed E-state index contributed by atoms with van der Waals surface area (Å²) in [4.78, 5) is 15.8. The Bertz CT molecular complexity index is 702. The highest BCUT2D eigenvalue weighted by atomic mass is 19.1. The number of piperidine rings is 1. The summed E-state index contributed by atoms with van der Waals surface area (Å²) in [6, 6.07) is 4.69. The molecule has 7 heteroatoms. The molecule has 114 valence electrons. The lowest BCUT2D eigenvalue weighted by Gasteiger charge is -2.51. The van der Waals surface area contributed by atoms with Crippen LogP contribution in [0, 0.1) is 11.7 Å². The summed E-state index contributed by atoms with van der Waals surface area (Å²) >= 11 is 0. The fourth-order valence-electron chi connectivity index (χ4n) is 3.33. The highest BCUT2D eigenvalue weighted by Crippen LogP contribution is 2.32. The summed E-state index contributed by atoms with van der Waals surface area (Å²) in [6.45, 7) is 2.47.